The first-order valence-corrected chi connectivity index (χ1v) is 5.40. The quantitative estimate of drug-likeness (QED) is 0.313. The number of nitrogens with two attached hydrogens (primary N) is 1. The van der Waals surface area contributed by atoms with Crippen LogP contribution in [0.25, 0.3) is 0 Å². The summed E-state index contributed by atoms with van der Waals surface area (Å²) in [4.78, 5) is 4.19. The van der Waals surface area contributed by atoms with Crippen LogP contribution in [0.1, 0.15) is 27.2 Å². The van der Waals surface area contributed by atoms with Gasteiger partial charge in [-0.3, -0.25) is 0 Å². The van der Waals surface area contributed by atoms with Crippen LogP contribution in [0.5, 0.6) is 0 Å². The SMILES string of the molecule is CC\C(C)=N/C(N)=C\C=C(/C)OCCOC. The van der Waals surface area contributed by atoms with Gasteiger partial charge in [0.05, 0.1) is 12.4 Å². The minimum atomic E-state index is 0.494. The summed E-state index contributed by atoms with van der Waals surface area (Å²) in [7, 11) is 1.64. The van der Waals surface area contributed by atoms with Gasteiger partial charge in [-0.15, -0.1) is 0 Å². The molecule has 92 valence electrons. The number of hydrogen-bond acceptors (Lipinski definition) is 4. The van der Waals surface area contributed by atoms with E-state index in [1.807, 2.05) is 20.8 Å². The van der Waals surface area contributed by atoms with E-state index in [1.54, 1.807) is 19.3 Å². The lowest BCUT2D eigenvalue weighted by atomic mass is 10.3. The Morgan fingerprint density at radius 2 is 1.94 bits per heavy atom. The standard InChI is InChI=1S/C12H22N2O2/c1-5-10(2)14-12(13)7-6-11(3)16-9-8-15-4/h6-7H,5,8-9,13H2,1-4H3/b11-6+,12-7-,14-10-. The smallest absolute Gasteiger partial charge is 0.123 e. The monoisotopic (exact) mass is 226 g/mol. The molecule has 0 atom stereocenters. The molecule has 0 saturated carbocycles. The molecule has 0 aromatic carbocycles. The molecule has 4 nitrogen and oxygen atoms in total. The number of allylic oxidation sites excluding steroid dienone is 3. The third-order valence-corrected chi connectivity index (χ3v) is 1.94. The van der Waals surface area contributed by atoms with Gasteiger partial charge in [0, 0.05) is 12.8 Å². The van der Waals surface area contributed by atoms with Crippen LogP contribution in [0.3, 0.4) is 0 Å². The maximum absolute atomic E-state index is 5.70. The third kappa shape index (κ3) is 8.05. The van der Waals surface area contributed by atoms with Gasteiger partial charge in [0.1, 0.15) is 12.4 Å². The fraction of sp³-hybridized carbons (Fsp3) is 0.583. The Bertz CT molecular complexity index is 281. The molecule has 0 saturated heterocycles. The largest absolute Gasteiger partial charge is 0.496 e. The minimum Gasteiger partial charge on any atom is -0.496 e. The fourth-order valence-electron chi connectivity index (χ4n) is 0.874. The molecule has 0 amide bonds. The maximum Gasteiger partial charge on any atom is 0.123 e. The summed E-state index contributed by atoms with van der Waals surface area (Å²) in [6.07, 6.45) is 4.44. The normalized spacial score (nSPS) is 14.1. The van der Waals surface area contributed by atoms with E-state index in [4.69, 9.17) is 15.2 Å². The summed E-state index contributed by atoms with van der Waals surface area (Å²) in [5, 5.41) is 0. The number of nitrogens with zero attached hydrogens (tertiary/aromatic N) is 1. The van der Waals surface area contributed by atoms with Gasteiger partial charge in [-0.25, -0.2) is 4.99 Å². The molecule has 16 heavy (non-hydrogen) atoms. The van der Waals surface area contributed by atoms with Gasteiger partial charge in [0.15, 0.2) is 0 Å². The second-order valence-corrected chi connectivity index (χ2v) is 3.41. The molecule has 0 radical (unpaired) electrons. The molecular formula is C12H22N2O2. The Labute approximate surface area is 97.8 Å². The van der Waals surface area contributed by atoms with E-state index >= 15 is 0 Å². The highest BCUT2D eigenvalue weighted by Crippen LogP contribution is 1.98. The van der Waals surface area contributed by atoms with E-state index < -0.39 is 0 Å². The molecule has 0 aromatic heterocycles. The van der Waals surface area contributed by atoms with Gasteiger partial charge < -0.3 is 15.2 Å². The predicted octanol–water partition coefficient (Wildman–Crippen LogP) is 2.22. The van der Waals surface area contributed by atoms with Crippen molar-refractivity contribution in [2.75, 3.05) is 20.3 Å². The van der Waals surface area contributed by atoms with E-state index in [9.17, 15) is 0 Å². The zero-order chi connectivity index (χ0) is 12.4. The molecule has 0 unspecified atom stereocenters. The molecule has 0 heterocycles. The van der Waals surface area contributed by atoms with Gasteiger partial charge in [0.25, 0.3) is 0 Å². The van der Waals surface area contributed by atoms with Crippen LogP contribution in [-0.2, 0) is 9.47 Å². The lowest BCUT2D eigenvalue weighted by molar-refractivity contribution is 0.110. The van der Waals surface area contributed by atoms with E-state index in [-0.39, 0.29) is 0 Å². The van der Waals surface area contributed by atoms with Crippen LogP contribution in [0, 0.1) is 0 Å². The highest BCUT2D eigenvalue weighted by Gasteiger charge is 1.90. The second kappa shape index (κ2) is 8.97. The molecule has 0 aliphatic rings. The Balaban J connectivity index is 4.16. The second-order valence-electron chi connectivity index (χ2n) is 3.41. The minimum absolute atomic E-state index is 0.494. The van der Waals surface area contributed by atoms with Crippen molar-refractivity contribution in [2.45, 2.75) is 27.2 Å². The molecule has 4 heteroatoms. The van der Waals surface area contributed by atoms with Crippen LogP contribution in [0.2, 0.25) is 0 Å². The zero-order valence-corrected chi connectivity index (χ0v) is 10.6. The summed E-state index contributed by atoms with van der Waals surface area (Å²) < 4.78 is 10.2. The number of methoxy groups -OCH3 is 1. The van der Waals surface area contributed by atoms with Crippen molar-refractivity contribution in [1.29, 1.82) is 0 Å². The molecular weight excluding hydrogens is 204 g/mol. The fourth-order valence-corrected chi connectivity index (χ4v) is 0.874. The van der Waals surface area contributed by atoms with Gasteiger partial charge in [0.2, 0.25) is 0 Å². The zero-order valence-electron chi connectivity index (χ0n) is 10.6. The Morgan fingerprint density at radius 1 is 1.25 bits per heavy atom. The molecule has 0 fully saturated rings. The predicted molar refractivity (Wildman–Crippen MR) is 67.3 cm³/mol. The number of ether oxygens (including phenoxy) is 2. The molecule has 0 aliphatic carbocycles. The average molecular weight is 226 g/mol. The Kier molecular flexibility index (Phi) is 8.25. The van der Waals surface area contributed by atoms with Gasteiger partial charge >= 0.3 is 0 Å². The lowest BCUT2D eigenvalue weighted by Crippen LogP contribution is -2.00. The first kappa shape index (κ1) is 14.7. The number of aliphatic imine (C=N–C) groups is 1. The van der Waals surface area contributed by atoms with Crippen LogP contribution in [0.15, 0.2) is 28.7 Å². The van der Waals surface area contributed by atoms with E-state index in [0.29, 0.717) is 19.0 Å². The molecule has 2 N–H and O–H groups in total. The Morgan fingerprint density at radius 3 is 2.50 bits per heavy atom. The molecule has 0 rings (SSSR count). The van der Waals surface area contributed by atoms with Crippen molar-refractivity contribution in [3.63, 3.8) is 0 Å². The van der Waals surface area contributed by atoms with E-state index in [2.05, 4.69) is 4.99 Å². The molecule has 0 spiro atoms. The highest BCUT2D eigenvalue weighted by molar-refractivity contribution is 5.82. The number of rotatable bonds is 7. The summed E-state index contributed by atoms with van der Waals surface area (Å²) >= 11 is 0. The van der Waals surface area contributed by atoms with Crippen LogP contribution in [0.4, 0.5) is 0 Å². The summed E-state index contributed by atoms with van der Waals surface area (Å²) in [5.41, 5.74) is 6.72. The average Bonchev–Trinajstić information content (AvgIpc) is 2.26. The molecule has 0 bridgehead atoms. The maximum atomic E-state index is 5.70. The van der Waals surface area contributed by atoms with E-state index in [0.717, 1.165) is 17.9 Å². The first-order chi connectivity index (χ1) is 7.60. The van der Waals surface area contributed by atoms with E-state index in [1.165, 1.54) is 0 Å². The van der Waals surface area contributed by atoms with Crippen molar-refractivity contribution in [1.82, 2.24) is 0 Å². The van der Waals surface area contributed by atoms with Crippen LogP contribution < -0.4 is 5.73 Å². The van der Waals surface area contributed by atoms with Crippen molar-refractivity contribution >= 4 is 5.71 Å². The van der Waals surface area contributed by atoms with Gasteiger partial charge in [-0.1, -0.05) is 6.92 Å². The highest BCUT2D eigenvalue weighted by atomic mass is 16.5. The summed E-state index contributed by atoms with van der Waals surface area (Å²) in [6, 6.07) is 0. The van der Waals surface area contributed by atoms with Crippen molar-refractivity contribution in [3.8, 4) is 0 Å². The molecule has 0 aromatic rings. The lowest BCUT2D eigenvalue weighted by Gasteiger charge is -2.04. The van der Waals surface area contributed by atoms with Crippen LogP contribution in [-0.4, -0.2) is 26.0 Å². The van der Waals surface area contributed by atoms with Gasteiger partial charge in [-0.2, -0.15) is 0 Å². The number of hydrogen-bond donors (Lipinski definition) is 1. The van der Waals surface area contributed by atoms with Crippen molar-refractivity contribution < 1.29 is 9.47 Å². The first-order valence-electron chi connectivity index (χ1n) is 5.40. The summed E-state index contributed by atoms with van der Waals surface area (Å²) in [5.74, 6) is 1.29. The van der Waals surface area contributed by atoms with Gasteiger partial charge in [-0.05, 0) is 32.4 Å². The van der Waals surface area contributed by atoms with Crippen LogP contribution >= 0.6 is 0 Å². The van der Waals surface area contributed by atoms with Crippen molar-refractivity contribution in [3.05, 3.63) is 23.7 Å². The summed E-state index contributed by atoms with van der Waals surface area (Å²) in [6.45, 7) is 6.99. The molecule has 0 aliphatic heterocycles. The topological polar surface area (TPSA) is 56.8 Å². The Hall–Kier alpha value is -1.29. The van der Waals surface area contributed by atoms with Crippen molar-refractivity contribution in [2.24, 2.45) is 10.7 Å². The third-order valence-electron chi connectivity index (χ3n) is 1.94.